The highest BCUT2D eigenvalue weighted by molar-refractivity contribution is 7.94. The Hall–Kier alpha value is -0.390. The number of hydrogen-bond acceptors (Lipinski definition) is 4. The third-order valence-electron chi connectivity index (χ3n) is 2.36. The molecule has 0 radical (unpaired) electrons. The van der Waals surface area contributed by atoms with Gasteiger partial charge in [-0.1, -0.05) is 0 Å². The van der Waals surface area contributed by atoms with Crippen molar-refractivity contribution in [3.63, 3.8) is 0 Å². The number of aliphatic hydroxyl groups is 1. The van der Waals surface area contributed by atoms with E-state index < -0.39 is 21.2 Å². The molecule has 0 amide bonds. The fraction of sp³-hybridized carbons (Fsp3) is 0.500. The predicted molar refractivity (Wildman–Crippen MR) is 50.5 cm³/mol. The van der Waals surface area contributed by atoms with Crippen LogP contribution < -0.4 is 0 Å². The maximum Gasteiger partial charge on any atom is 0.190 e. The summed E-state index contributed by atoms with van der Waals surface area (Å²) in [7, 11) is -3.15. The maximum atomic E-state index is 11.7. The van der Waals surface area contributed by atoms with Crippen LogP contribution in [0.4, 0.5) is 0 Å². The van der Waals surface area contributed by atoms with Crippen molar-refractivity contribution in [3.05, 3.63) is 17.0 Å². The Bertz CT molecular complexity index is 418. The minimum absolute atomic E-state index is 0.312. The van der Waals surface area contributed by atoms with E-state index in [1.165, 1.54) is 11.3 Å². The van der Waals surface area contributed by atoms with Crippen LogP contribution in [-0.2, 0) is 9.84 Å². The lowest BCUT2D eigenvalue weighted by Crippen LogP contribution is -2.26. The van der Waals surface area contributed by atoms with E-state index in [-0.39, 0.29) is 0 Å². The molecule has 0 fully saturated rings. The first-order valence-electron chi connectivity index (χ1n) is 4.03. The molecule has 0 saturated carbocycles. The quantitative estimate of drug-likeness (QED) is 0.715. The standard InChI is InChI=1S/C8H10O3S2/c1-5-4-7(9)6-2-3-12-8(6)13(5,10)11/h2-3,5,7,9H,4H2,1H3/t5-,7-/m1/s1. The van der Waals surface area contributed by atoms with Gasteiger partial charge in [0.1, 0.15) is 4.21 Å². The monoisotopic (exact) mass is 218 g/mol. The lowest BCUT2D eigenvalue weighted by molar-refractivity contribution is 0.161. The second-order valence-electron chi connectivity index (χ2n) is 3.27. The molecule has 0 spiro atoms. The van der Waals surface area contributed by atoms with E-state index in [1.807, 2.05) is 0 Å². The van der Waals surface area contributed by atoms with Gasteiger partial charge in [0.05, 0.1) is 11.4 Å². The van der Waals surface area contributed by atoms with Crippen LogP contribution in [0.1, 0.15) is 25.0 Å². The molecular formula is C8H10O3S2. The van der Waals surface area contributed by atoms with Crippen molar-refractivity contribution >= 4 is 21.2 Å². The average molecular weight is 218 g/mol. The highest BCUT2D eigenvalue weighted by Gasteiger charge is 2.36. The van der Waals surface area contributed by atoms with Gasteiger partial charge < -0.3 is 5.11 Å². The van der Waals surface area contributed by atoms with Crippen molar-refractivity contribution < 1.29 is 13.5 Å². The zero-order valence-corrected chi connectivity index (χ0v) is 8.73. The molecule has 1 aromatic heterocycles. The van der Waals surface area contributed by atoms with Crippen LogP contribution in [0.2, 0.25) is 0 Å². The first kappa shape index (κ1) is 9.18. The first-order chi connectivity index (χ1) is 6.03. The van der Waals surface area contributed by atoms with Crippen LogP contribution in [-0.4, -0.2) is 18.8 Å². The van der Waals surface area contributed by atoms with Gasteiger partial charge >= 0.3 is 0 Å². The van der Waals surface area contributed by atoms with Gasteiger partial charge in [-0.3, -0.25) is 0 Å². The minimum atomic E-state index is -3.15. The van der Waals surface area contributed by atoms with Gasteiger partial charge in [-0.2, -0.15) is 0 Å². The zero-order valence-electron chi connectivity index (χ0n) is 7.10. The number of aliphatic hydroxyl groups excluding tert-OH is 1. The normalized spacial score (nSPS) is 31.2. The molecule has 2 heterocycles. The predicted octanol–water partition coefficient (Wildman–Crippen LogP) is 1.35. The van der Waals surface area contributed by atoms with Crippen molar-refractivity contribution in [2.45, 2.75) is 28.9 Å². The molecule has 13 heavy (non-hydrogen) atoms. The average Bonchev–Trinajstić information content (AvgIpc) is 2.49. The van der Waals surface area contributed by atoms with Gasteiger partial charge in [0.25, 0.3) is 0 Å². The van der Waals surface area contributed by atoms with E-state index in [1.54, 1.807) is 18.4 Å². The Labute approximate surface area is 80.9 Å². The molecule has 2 rings (SSSR count). The van der Waals surface area contributed by atoms with Crippen LogP contribution in [0.5, 0.6) is 0 Å². The number of rotatable bonds is 0. The lowest BCUT2D eigenvalue weighted by Gasteiger charge is -2.23. The van der Waals surface area contributed by atoms with Gasteiger partial charge in [-0.05, 0) is 24.8 Å². The van der Waals surface area contributed by atoms with Gasteiger partial charge in [0.2, 0.25) is 0 Å². The summed E-state index contributed by atoms with van der Waals surface area (Å²) in [6.45, 7) is 1.64. The molecule has 5 heteroatoms. The molecule has 0 aliphatic carbocycles. The highest BCUT2D eigenvalue weighted by Crippen LogP contribution is 2.39. The SMILES string of the molecule is C[C@@H]1C[C@@H](O)c2ccsc2S1(=O)=O. The maximum absolute atomic E-state index is 11.7. The van der Waals surface area contributed by atoms with Crippen LogP contribution in [0.3, 0.4) is 0 Å². The van der Waals surface area contributed by atoms with Crippen molar-refractivity contribution in [1.82, 2.24) is 0 Å². The van der Waals surface area contributed by atoms with Crippen molar-refractivity contribution in [3.8, 4) is 0 Å². The Morgan fingerprint density at radius 1 is 1.62 bits per heavy atom. The van der Waals surface area contributed by atoms with Crippen LogP contribution in [0.25, 0.3) is 0 Å². The molecule has 1 aliphatic rings. The number of sulfone groups is 1. The summed E-state index contributed by atoms with van der Waals surface area (Å²) in [5.74, 6) is 0. The van der Waals surface area contributed by atoms with Gasteiger partial charge in [0, 0.05) is 5.56 Å². The Morgan fingerprint density at radius 2 is 2.31 bits per heavy atom. The molecular weight excluding hydrogens is 208 g/mol. The number of fused-ring (bicyclic) bond motifs is 1. The summed E-state index contributed by atoms with van der Waals surface area (Å²) in [6, 6.07) is 1.69. The summed E-state index contributed by atoms with van der Waals surface area (Å²) >= 11 is 1.19. The fourth-order valence-corrected chi connectivity index (χ4v) is 4.74. The fourth-order valence-electron chi connectivity index (χ4n) is 1.53. The third-order valence-corrected chi connectivity index (χ3v) is 6.07. The van der Waals surface area contributed by atoms with Crippen molar-refractivity contribution in [2.75, 3.05) is 0 Å². The van der Waals surface area contributed by atoms with E-state index in [2.05, 4.69) is 0 Å². The Kier molecular flexibility index (Phi) is 1.98. The van der Waals surface area contributed by atoms with Crippen LogP contribution in [0.15, 0.2) is 15.7 Å². The summed E-state index contributed by atoms with van der Waals surface area (Å²) in [5.41, 5.74) is 0.572. The molecule has 0 aromatic carbocycles. The molecule has 3 nitrogen and oxygen atoms in total. The van der Waals surface area contributed by atoms with Crippen LogP contribution in [0, 0.1) is 0 Å². The number of thiophene rings is 1. The van der Waals surface area contributed by atoms with E-state index in [0.29, 0.717) is 16.2 Å². The molecule has 0 bridgehead atoms. The molecule has 1 N–H and O–H groups in total. The molecule has 0 saturated heterocycles. The second kappa shape index (κ2) is 2.80. The third kappa shape index (κ3) is 1.22. The number of hydrogen-bond donors (Lipinski definition) is 1. The van der Waals surface area contributed by atoms with Gasteiger partial charge in [0.15, 0.2) is 9.84 Å². The van der Waals surface area contributed by atoms with E-state index in [9.17, 15) is 13.5 Å². The first-order valence-corrected chi connectivity index (χ1v) is 6.45. The van der Waals surface area contributed by atoms with Crippen molar-refractivity contribution in [2.24, 2.45) is 0 Å². The minimum Gasteiger partial charge on any atom is -0.388 e. The smallest absolute Gasteiger partial charge is 0.190 e. The Morgan fingerprint density at radius 3 is 3.00 bits per heavy atom. The van der Waals surface area contributed by atoms with E-state index in [4.69, 9.17) is 0 Å². The lowest BCUT2D eigenvalue weighted by atomic mass is 10.1. The van der Waals surface area contributed by atoms with Gasteiger partial charge in [-0.15, -0.1) is 11.3 Å². The summed E-state index contributed by atoms with van der Waals surface area (Å²) < 4.78 is 23.8. The highest BCUT2D eigenvalue weighted by atomic mass is 32.2. The summed E-state index contributed by atoms with van der Waals surface area (Å²) in [4.78, 5) is 0. The van der Waals surface area contributed by atoms with Crippen LogP contribution >= 0.6 is 11.3 Å². The van der Waals surface area contributed by atoms with E-state index in [0.717, 1.165) is 0 Å². The molecule has 2 atom stereocenters. The van der Waals surface area contributed by atoms with E-state index >= 15 is 0 Å². The summed E-state index contributed by atoms with van der Waals surface area (Å²) in [6.07, 6.45) is -0.300. The molecule has 72 valence electrons. The molecule has 0 unspecified atom stereocenters. The second-order valence-corrected chi connectivity index (χ2v) is 6.75. The molecule has 1 aromatic rings. The van der Waals surface area contributed by atoms with Crippen molar-refractivity contribution in [1.29, 1.82) is 0 Å². The molecule has 1 aliphatic heterocycles. The Balaban J connectivity index is 2.66. The largest absolute Gasteiger partial charge is 0.388 e. The zero-order chi connectivity index (χ0) is 9.64. The van der Waals surface area contributed by atoms with Gasteiger partial charge in [-0.25, -0.2) is 8.42 Å². The summed E-state index contributed by atoms with van der Waals surface area (Å²) in [5, 5.41) is 10.8. The topological polar surface area (TPSA) is 54.4 Å².